The molecular formula is C16H23F2NO. The van der Waals surface area contributed by atoms with Crippen molar-refractivity contribution < 1.29 is 13.5 Å². The highest BCUT2D eigenvalue weighted by molar-refractivity contribution is 5.35. The Kier molecular flexibility index (Phi) is 4.97. The van der Waals surface area contributed by atoms with Gasteiger partial charge in [-0.15, -0.1) is 0 Å². The molecule has 1 fully saturated rings. The molecule has 1 N–H and O–H groups in total. The van der Waals surface area contributed by atoms with E-state index in [4.69, 9.17) is 0 Å². The first-order chi connectivity index (χ1) is 9.56. The molecule has 4 heteroatoms. The Hall–Kier alpha value is -1.16. The zero-order valence-electron chi connectivity index (χ0n) is 12.2. The van der Waals surface area contributed by atoms with Crippen molar-refractivity contribution in [3.63, 3.8) is 0 Å². The molecule has 112 valence electrons. The highest BCUT2D eigenvalue weighted by atomic mass is 19.3. The molecule has 0 amide bonds. The Labute approximate surface area is 119 Å². The molecule has 1 aliphatic rings. The van der Waals surface area contributed by atoms with Crippen LogP contribution in [0.2, 0.25) is 0 Å². The third-order valence-corrected chi connectivity index (χ3v) is 4.12. The molecule has 0 bridgehead atoms. The van der Waals surface area contributed by atoms with Crippen LogP contribution >= 0.6 is 0 Å². The van der Waals surface area contributed by atoms with Crippen molar-refractivity contribution in [3.05, 3.63) is 29.8 Å². The number of halogens is 2. The Balaban J connectivity index is 1.96. The third-order valence-electron chi connectivity index (χ3n) is 4.12. The second kappa shape index (κ2) is 6.53. The lowest BCUT2D eigenvalue weighted by molar-refractivity contribution is -0.0506. The van der Waals surface area contributed by atoms with E-state index in [-0.39, 0.29) is 11.8 Å². The van der Waals surface area contributed by atoms with Gasteiger partial charge < -0.3 is 10.1 Å². The van der Waals surface area contributed by atoms with Crippen LogP contribution in [0.1, 0.15) is 51.1 Å². The fourth-order valence-electron chi connectivity index (χ4n) is 2.74. The minimum Gasteiger partial charge on any atom is -0.434 e. The molecular weight excluding hydrogens is 260 g/mol. The first-order valence-corrected chi connectivity index (χ1v) is 7.33. The molecule has 0 saturated heterocycles. The largest absolute Gasteiger partial charge is 0.434 e. The van der Waals surface area contributed by atoms with Crippen LogP contribution < -0.4 is 10.1 Å². The van der Waals surface area contributed by atoms with Crippen molar-refractivity contribution in [1.29, 1.82) is 0 Å². The van der Waals surface area contributed by atoms with Gasteiger partial charge in [-0.2, -0.15) is 8.78 Å². The van der Waals surface area contributed by atoms with E-state index >= 15 is 0 Å². The van der Waals surface area contributed by atoms with E-state index in [2.05, 4.69) is 17.0 Å². The van der Waals surface area contributed by atoms with Gasteiger partial charge in [-0.05, 0) is 37.7 Å². The first-order valence-electron chi connectivity index (χ1n) is 7.33. The van der Waals surface area contributed by atoms with Crippen LogP contribution in [0.5, 0.6) is 5.75 Å². The van der Waals surface area contributed by atoms with Gasteiger partial charge in [0.05, 0.1) is 0 Å². The number of nitrogens with one attached hydrogen (secondary N) is 1. The Morgan fingerprint density at radius 2 is 2.00 bits per heavy atom. The van der Waals surface area contributed by atoms with Crippen LogP contribution in [0.25, 0.3) is 0 Å². The third kappa shape index (κ3) is 3.92. The molecule has 2 nitrogen and oxygen atoms in total. The quantitative estimate of drug-likeness (QED) is 0.757. The molecule has 1 aromatic rings. The van der Waals surface area contributed by atoms with Crippen molar-refractivity contribution in [2.45, 2.75) is 52.2 Å². The summed E-state index contributed by atoms with van der Waals surface area (Å²) < 4.78 is 29.4. The summed E-state index contributed by atoms with van der Waals surface area (Å²) >= 11 is 0. The van der Waals surface area contributed by atoms with Gasteiger partial charge in [-0.1, -0.05) is 31.5 Å². The Morgan fingerprint density at radius 3 is 2.60 bits per heavy atom. The van der Waals surface area contributed by atoms with Gasteiger partial charge in [0, 0.05) is 18.2 Å². The zero-order valence-corrected chi connectivity index (χ0v) is 12.2. The van der Waals surface area contributed by atoms with Gasteiger partial charge in [0.2, 0.25) is 0 Å². The maximum atomic E-state index is 12.4. The maximum absolute atomic E-state index is 12.4. The van der Waals surface area contributed by atoms with Gasteiger partial charge in [0.25, 0.3) is 0 Å². The van der Waals surface area contributed by atoms with E-state index in [0.29, 0.717) is 5.41 Å². The van der Waals surface area contributed by atoms with E-state index < -0.39 is 6.61 Å². The molecule has 0 radical (unpaired) electrons. The van der Waals surface area contributed by atoms with Crippen molar-refractivity contribution in [2.24, 2.45) is 5.41 Å². The van der Waals surface area contributed by atoms with Gasteiger partial charge in [0.1, 0.15) is 5.75 Å². The average molecular weight is 283 g/mol. The number of hydrogen-bond acceptors (Lipinski definition) is 2. The first kappa shape index (κ1) is 15.2. The normalized spacial score (nSPS) is 18.1. The Bertz CT molecular complexity index is 432. The molecule has 20 heavy (non-hydrogen) atoms. The number of ether oxygens (including phenoxy) is 1. The molecule has 1 saturated carbocycles. The summed E-state index contributed by atoms with van der Waals surface area (Å²) in [5.41, 5.74) is 1.24. The van der Waals surface area contributed by atoms with Crippen LogP contribution in [-0.2, 0) is 0 Å². The molecule has 1 atom stereocenters. The lowest BCUT2D eigenvalue weighted by Gasteiger charge is -2.21. The zero-order chi connectivity index (χ0) is 14.6. The predicted molar refractivity (Wildman–Crippen MR) is 76.1 cm³/mol. The fourth-order valence-corrected chi connectivity index (χ4v) is 2.74. The van der Waals surface area contributed by atoms with Crippen LogP contribution in [0.4, 0.5) is 8.78 Å². The summed E-state index contributed by atoms with van der Waals surface area (Å²) in [4.78, 5) is 0. The standard InChI is InChI=1S/C16H23F2NO/c1-3-8-16(9-10-16)11-19-12(2)13-6-4-5-7-14(13)20-15(17)18/h4-7,12,15,19H,3,8-11H2,1-2H3. The number of benzene rings is 1. The summed E-state index contributed by atoms with van der Waals surface area (Å²) in [5.74, 6) is 0.267. The molecule has 1 unspecified atom stereocenters. The lowest BCUT2D eigenvalue weighted by atomic mass is 9.99. The summed E-state index contributed by atoms with van der Waals surface area (Å²) in [5, 5.41) is 3.48. The van der Waals surface area contributed by atoms with E-state index in [0.717, 1.165) is 12.1 Å². The van der Waals surface area contributed by atoms with Gasteiger partial charge in [-0.25, -0.2) is 0 Å². The molecule has 0 aromatic heterocycles. The number of rotatable bonds is 8. The van der Waals surface area contributed by atoms with E-state index in [9.17, 15) is 8.78 Å². The van der Waals surface area contributed by atoms with Gasteiger partial charge in [0.15, 0.2) is 0 Å². The lowest BCUT2D eigenvalue weighted by Crippen LogP contribution is -2.27. The molecule has 2 rings (SSSR count). The SMILES string of the molecule is CCCC1(CNC(C)c2ccccc2OC(F)F)CC1. The second-order valence-electron chi connectivity index (χ2n) is 5.77. The van der Waals surface area contributed by atoms with Crippen molar-refractivity contribution in [2.75, 3.05) is 6.54 Å². The van der Waals surface area contributed by atoms with Crippen molar-refractivity contribution in [1.82, 2.24) is 5.32 Å². The summed E-state index contributed by atoms with van der Waals surface area (Å²) in [6.45, 7) is 2.37. The molecule has 0 spiro atoms. The monoisotopic (exact) mass is 283 g/mol. The van der Waals surface area contributed by atoms with E-state index in [1.54, 1.807) is 12.1 Å². The van der Waals surface area contributed by atoms with Crippen molar-refractivity contribution in [3.8, 4) is 5.75 Å². The highest BCUT2D eigenvalue weighted by Crippen LogP contribution is 2.49. The topological polar surface area (TPSA) is 21.3 Å². The number of alkyl halides is 2. The van der Waals surface area contributed by atoms with E-state index in [1.165, 1.54) is 25.7 Å². The number of para-hydroxylation sites is 1. The summed E-state index contributed by atoms with van der Waals surface area (Å²) in [6, 6.07) is 7.02. The van der Waals surface area contributed by atoms with Crippen LogP contribution in [-0.4, -0.2) is 13.2 Å². The Morgan fingerprint density at radius 1 is 1.30 bits per heavy atom. The second-order valence-corrected chi connectivity index (χ2v) is 5.77. The fraction of sp³-hybridized carbons (Fsp3) is 0.625. The van der Waals surface area contributed by atoms with Crippen LogP contribution in [0.3, 0.4) is 0 Å². The smallest absolute Gasteiger partial charge is 0.387 e. The number of hydrogen-bond donors (Lipinski definition) is 1. The minimum atomic E-state index is -2.78. The maximum Gasteiger partial charge on any atom is 0.387 e. The summed E-state index contributed by atoms with van der Waals surface area (Å²) in [7, 11) is 0. The minimum absolute atomic E-state index is 0.0132. The molecule has 0 heterocycles. The predicted octanol–water partition coefficient (Wildman–Crippen LogP) is 4.52. The summed E-state index contributed by atoms with van der Waals surface area (Å²) in [6.07, 6.45) is 4.98. The van der Waals surface area contributed by atoms with Crippen LogP contribution in [0.15, 0.2) is 24.3 Å². The van der Waals surface area contributed by atoms with Gasteiger partial charge in [-0.3, -0.25) is 0 Å². The molecule has 1 aliphatic carbocycles. The van der Waals surface area contributed by atoms with Crippen molar-refractivity contribution >= 4 is 0 Å². The average Bonchev–Trinajstić information content (AvgIpc) is 3.17. The molecule has 0 aliphatic heterocycles. The van der Waals surface area contributed by atoms with Crippen LogP contribution in [0, 0.1) is 5.41 Å². The molecule has 1 aromatic carbocycles. The highest BCUT2D eigenvalue weighted by Gasteiger charge is 2.41. The van der Waals surface area contributed by atoms with E-state index in [1.807, 2.05) is 19.1 Å². The van der Waals surface area contributed by atoms with Gasteiger partial charge >= 0.3 is 6.61 Å².